The molecule has 0 radical (unpaired) electrons. The highest BCUT2D eigenvalue weighted by molar-refractivity contribution is 5.98. The number of carbonyl (C=O) groups is 2. The van der Waals surface area contributed by atoms with E-state index < -0.39 is 5.97 Å². The van der Waals surface area contributed by atoms with Crippen LogP contribution in [0, 0.1) is 0 Å². The molecule has 0 unspecified atom stereocenters. The lowest BCUT2D eigenvalue weighted by Crippen LogP contribution is -2.28. The Hall–Kier alpha value is -2.04. The number of aliphatic carboxylic acids is 1. The monoisotopic (exact) mass is 276 g/mol. The number of benzene rings is 1. The summed E-state index contributed by atoms with van der Waals surface area (Å²) in [5.74, 6) is -0.748. The molecule has 1 aromatic rings. The van der Waals surface area contributed by atoms with Crippen molar-refractivity contribution in [3.63, 3.8) is 0 Å². The van der Waals surface area contributed by atoms with E-state index in [4.69, 9.17) is 5.11 Å². The van der Waals surface area contributed by atoms with Crippen molar-refractivity contribution in [2.45, 2.75) is 26.2 Å². The standard InChI is InChI=1S/C15H20N2O3/c1-3-11-5-4-6-12-15(11)17(10-8-14(19)20)9-7-13(18)16(12)2/h4-6H,3,7-10H2,1-2H3,(H,19,20). The molecule has 0 aliphatic carbocycles. The number of aryl methyl sites for hydroxylation is 1. The summed E-state index contributed by atoms with van der Waals surface area (Å²) in [6.45, 7) is 3.07. The molecular formula is C15H20N2O3. The van der Waals surface area contributed by atoms with Crippen molar-refractivity contribution in [1.82, 2.24) is 0 Å². The van der Waals surface area contributed by atoms with Gasteiger partial charge in [0.2, 0.25) is 5.91 Å². The second-order valence-corrected chi connectivity index (χ2v) is 4.97. The molecule has 1 N–H and O–H groups in total. The fraction of sp³-hybridized carbons (Fsp3) is 0.467. The molecule has 0 aromatic heterocycles. The molecular weight excluding hydrogens is 256 g/mol. The highest BCUT2D eigenvalue weighted by Gasteiger charge is 2.25. The van der Waals surface area contributed by atoms with E-state index >= 15 is 0 Å². The van der Waals surface area contributed by atoms with E-state index in [1.807, 2.05) is 23.1 Å². The van der Waals surface area contributed by atoms with Crippen LogP contribution in [0.25, 0.3) is 0 Å². The van der Waals surface area contributed by atoms with E-state index in [0.717, 1.165) is 23.4 Å². The lowest BCUT2D eigenvalue weighted by Gasteiger charge is -2.27. The Bertz CT molecular complexity index is 528. The average Bonchev–Trinajstić information content (AvgIpc) is 2.56. The van der Waals surface area contributed by atoms with E-state index in [1.54, 1.807) is 11.9 Å². The van der Waals surface area contributed by atoms with Crippen LogP contribution in [0.4, 0.5) is 11.4 Å². The van der Waals surface area contributed by atoms with Gasteiger partial charge in [-0.25, -0.2) is 0 Å². The number of hydrogen-bond donors (Lipinski definition) is 1. The number of carboxylic acids is 1. The van der Waals surface area contributed by atoms with Crippen LogP contribution in [0.1, 0.15) is 25.3 Å². The van der Waals surface area contributed by atoms with Gasteiger partial charge in [0.1, 0.15) is 0 Å². The minimum absolute atomic E-state index is 0.0670. The third-order valence-corrected chi connectivity index (χ3v) is 3.72. The van der Waals surface area contributed by atoms with E-state index in [9.17, 15) is 9.59 Å². The van der Waals surface area contributed by atoms with Crippen molar-refractivity contribution in [2.24, 2.45) is 0 Å². The maximum absolute atomic E-state index is 12.0. The van der Waals surface area contributed by atoms with Crippen LogP contribution >= 0.6 is 0 Å². The van der Waals surface area contributed by atoms with Crippen molar-refractivity contribution < 1.29 is 14.7 Å². The van der Waals surface area contributed by atoms with Gasteiger partial charge in [0, 0.05) is 26.6 Å². The summed E-state index contributed by atoms with van der Waals surface area (Å²) in [6, 6.07) is 5.91. The minimum Gasteiger partial charge on any atom is -0.481 e. The molecule has 1 aromatic carbocycles. The number of hydrogen-bond acceptors (Lipinski definition) is 3. The predicted molar refractivity (Wildman–Crippen MR) is 78.3 cm³/mol. The Morgan fingerprint density at radius 2 is 2.15 bits per heavy atom. The van der Waals surface area contributed by atoms with Crippen molar-refractivity contribution in [1.29, 1.82) is 0 Å². The Morgan fingerprint density at radius 3 is 2.80 bits per heavy atom. The molecule has 1 aliphatic heterocycles. The minimum atomic E-state index is -0.815. The van der Waals surface area contributed by atoms with Crippen LogP contribution in [-0.4, -0.2) is 37.1 Å². The van der Waals surface area contributed by atoms with Gasteiger partial charge in [0.25, 0.3) is 0 Å². The van der Waals surface area contributed by atoms with E-state index in [2.05, 4.69) is 6.92 Å². The second-order valence-electron chi connectivity index (χ2n) is 4.97. The van der Waals surface area contributed by atoms with Gasteiger partial charge in [0.15, 0.2) is 0 Å². The second kappa shape index (κ2) is 5.94. The summed E-state index contributed by atoms with van der Waals surface area (Å²) in [7, 11) is 1.78. The summed E-state index contributed by atoms with van der Waals surface area (Å²) >= 11 is 0. The van der Waals surface area contributed by atoms with Crippen molar-refractivity contribution in [2.75, 3.05) is 29.9 Å². The number of fused-ring (bicyclic) bond motifs is 1. The van der Waals surface area contributed by atoms with Crippen LogP contribution in [0.15, 0.2) is 18.2 Å². The lowest BCUT2D eigenvalue weighted by molar-refractivity contribution is -0.136. The van der Waals surface area contributed by atoms with Gasteiger partial charge in [-0.05, 0) is 18.1 Å². The van der Waals surface area contributed by atoms with Gasteiger partial charge in [-0.2, -0.15) is 0 Å². The smallest absolute Gasteiger partial charge is 0.305 e. The first kappa shape index (κ1) is 14.4. The molecule has 0 bridgehead atoms. The molecule has 1 aliphatic rings. The number of rotatable bonds is 4. The highest BCUT2D eigenvalue weighted by Crippen LogP contribution is 2.35. The van der Waals surface area contributed by atoms with Crippen molar-refractivity contribution in [3.8, 4) is 0 Å². The largest absolute Gasteiger partial charge is 0.481 e. The molecule has 0 atom stereocenters. The Morgan fingerprint density at radius 1 is 1.40 bits per heavy atom. The third-order valence-electron chi connectivity index (χ3n) is 3.72. The number of carbonyl (C=O) groups excluding carboxylic acids is 1. The number of nitrogens with zero attached hydrogens (tertiary/aromatic N) is 2. The van der Waals surface area contributed by atoms with Gasteiger partial charge < -0.3 is 14.9 Å². The number of para-hydroxylation sites is 1. The zero-order valence-corrected chi connectivity index (χ0v) is 11.9. The fourth-order valence-corrected chi connectivity index (χ4v) is 2.60. The average molecular weight is 276 g/mol. The first-order chi connectivity index (χ1) is 9.54. The molecule has 2 rings (SSSR count). The number of carboxylic acid groups (broad SMARTS) is 1. The molecule has 108 valence electrons. The van der Waals surface area contributed by atoms with E-state index in [-0.39, 0.29) is 12.3 Å². The molecule has 0 saturated carbocycles. The summed E-state index contributed by atoms with van der Waals surface area (Å²) in [5.41, 5.74) is 3.02. The zero-order chi connectivity index (χ0) is 14.7. The van der Waals surface area contributed by atoms with Crippen LogP contribution < -0.4 is 9.80 Å². The van der Waals surface area contributed by atoms with Crippen molar-refractivity contribution >= 4 is 23.3 Å². The summed E-state index contributed by atoms with van der Waals surface area (Å²) < 4.78 is 0. The van der Waals surface area contributed by atoms with Crippen LogP contribution in [0.3, 0.4) is 0 Å². The maximum Gasteiger partial charge on any atom is 0.305 e. The number of amides is 1. The number of anilines is 2. The molecule has 1 heterocycles. The Labute approximate surface area is 118 Å². The predicted octanol–water partition coefficient (Wildman–Crippen LogP) is 1.90. The molecule has 5 heteroatoms. The first-order valence-corrected chi connectivity index (χ1v) is 6.89. The lowest BCUT2D eigenvalue weighted by atomic mass is 10.1. The molecule has 0 fully saturated rings. The fourth-order valence-electron chi connectivity index (χ4n) is 2.60. The van der Waals surface area contributed by atoms with Gasteiger partial charge in [0.05, 0.1) is 17.8 Å². The quantitative estimate of drug-likeness (QED) is 0.912. The first-order valence-electron chi connectivity index (χ1n) is 6.89. The Kier molecular flexibility index (Phi) is 4.27. The summed E-state index contributed by atoms with van der Waals surface area (Å²) in [6.07, 6.45) is 1.35. The molecule has 0 saturated heterocycles. The molecule has 20 heavy (non-hydrogen) atoms. The Balaban J connectivity index is 2.44. The van der Waals surface area contributed by atoms with E-state index in [0.29, 0.717) is 19.5 Å². The van der Waals surface area contributed by atoms with E-state index in [1.165, 1.54) is 0 Å². The third kappa shape index (κ3) is 2.76. The summed E-state index contributed by atoms with van der Waals surface area (Å²) in [5, 5.41) is 8.89. The highest BCUT2D eigenvalue weighted by atomic mass is 16.4. The SMILES string of the molecule is CCc1cccc2c1N(CCC(=O)O)CCC(=O)N2C. The normalized spacial score (nSPS) is 15.0. The molecule has 1 amide bonds. The zero-order valence-electron chi connectivity index (χ0n) is 11.9. The topological polar surface area (TPSA) is 60.9 Å². The molecule has 0 spiro atoms. The van der Waals surface area contributed by atoms with Crippen LogP contribution in [0.2, 0.25) is 0 Å². The van der Waals surface area contributed by atoms with Gasteiger partial charge in [-0.1, -0.05) is 19.1 Å². The van der Waals surface area contributed by atoms with Gasteiger partial charge in [-0.15, -0.1) is 0 Å². The summed E-state index contributed by atoms with van der Waals surface area (Å²) in [4.78, 5) is 26.6. The van der Waals surface area contributed by atoms with Crippen molar-refractivity contribution in [3.05, 3.63) is 23.8 Å². The maximum atomic E-state index is 12.0. The van der Waals surface area contributed by atoms with Gasteiger partial charge in [-0.3, -0.25) is 9.59 Å². The molecule has 5 nitrogen and oxygen atoms in total. The van der Waals surface area contributed by atoms with Crippen LogP contribution in [-0.2, 0) is 16.0 Å². The van der Waals surface area contributed by atoms with Crippen LogP contribution in [0.5, 0.6) is 0 Å². The van der Waals surface area contributed by atoms with Gasteiger partial charge >= 0.3 is 5.97 Å².